The largest absolute Gasteiger partial charge is 0.455 e. The van der Waals surface area contributed by atoms with Crippen molar-refractivity contribution in [2.45, 2.75) is 87.3 Å². The average Bonchev–Trinajstić information content (AvgIpc) is 3.52. The first kappa shape index (κ1) is 33.2. The number of aliphatic hydroxyl groups is 1. The summed E-state index contributed by atoms with van der Waals surface area (Å²) in [7, 11) is 0. The van der Waals surface area contributed by atoms with E-state index in [0.717, 1.165) is 37.7 Å². The molecule has 7 rings (SSSR count). The highest BCUT2D eigenvalue weighted by atomic mass is 16.6. The molecule has 1 saturated carbocycles. The van der Waals surface area contributed by atoms with Crippen molar-refractivity contribution in [1.82, 2.24) is 15.1 Å². The maximum atomic E-state index is 15.0. The number of hydrogen-bond donors (Lipinski definition) is 2. The molecular weight excluding hydrogens is 622 g/mol. The van der Waals surface area contributed by atoms with E-state index in [-0.39, 0.29) is 37.4 Å². The van der Waals surface area contributed by atoms with Gasteiger partial charge in [-0.25, -0.2) is 0 Å². The molecule has 0 unspecified atom stereocenters. The van der Waals surface area contributed by atoms with Gasteiger partial charge >= 0.3 is 5.97 Å². The number of esters is 1. The van der Waals surface area contributed by atoms with Gasteiger partial charge in [0.25, 0.3) is 0 Å². The van der Waals surface area contributed by atoms with Gasteiger partial charge in [0.05, 0.1) is 31.2 Å². The number of carbonyl (C=O) groups is 4. The van der Waals surface area contributed by atoms with Crippen molar-refractivity contribution in [2.75, 3.05) is 19.7 Å². The number of hydrogen-bond acceptors (Lipinski definition) is 7. The number of fused-ring (bicyclic) bond motifs is 2. The number of allylic oxidation sites excluding steroid dienone is 1. The molecular formula is C39H45N3O7. The van der Waals surface area contributed by atoms with Crippen LogP contribution in [-0.4, -0.2) is 88.1 Å². The topological polar surface area (TPSA) is 125 Å². The van der Waals surface area contributed by atoms with Crippen molar-refractivity contribution in [1.29, 1.82) is 0 Å². The Bertz CT molecular complexity index is 1590. The molecule has 2 aromatic carbocycles. The molecule has 4 aliphatic heterocycles. The number of aliphatic hydroxyl groups excluding tert-OH is 1. The van der Waals surface area contributed by atoms with Crippen LogP contribution < -0.4 is 5.32 Å². The highest BCUT2D eigenvalue weighted by molar-refractivity contribution is 5.99. The van der Waals surface area contributed by atoms with Crippen LogP contribution in [0.4, 0.5) is 0 Å². The summed E-state index contributed by atoms with van der Waals surface area (Å²) in [5.74, 6) is -3.55. The van der Waals surface area contributed by atoms with Crippen molar-refractivity contribution >= 4 is 23.7 Å². The van der Waals surface area contributed by atoms with Gasteiger partial charge in [-0.1, -0.05) is 104 Å². The number of ether oxygens (including phenoxy) is 2. The van der Waals surface area contributed by atoms with Gasteiger partial charge in [0.15, 0.2) is 0 Å². The summed E-state index contributed by atoms with van der Waals surface area (Å²) in [6.07, 6.45) is 11.6. The molecule has 2 N–H and O–H groups in total. The molecule has 3 fully saturated rings. The fourth-order valence-electron chi connectivity index (χ4n) is 8.61. The summed E-state index contributed by atoms with van der Waals surface area (Å²) in [5, 5.41) is 13.7. The summed E-state index contributed by atoms with van der Waals surface area (Å²) in [6.45, 7) is 0.0872. The number of carbonyl (C=O) groups excluding carboxylic acids is 4. The minimum atomic E-state index is -1.46. The summed E-state index contributed by atoms with van der Waals surface area (Å²) < 4.78 is 13.1. The van der Waals surface area contributed by atoms with E-state index in [1.807, 2.05) is 77.7 Å². The van der Waals surface area contributed by atoms with Crippen molar-refractivity contribution < 1.29 is 33.8 Å². The van der Waals surface area contributed by atoms with Crippen LogP contribution in [0.2, 0.25) is 0 Å². The third-order valence-corrected chi connectivity index (χ3v) is 10.9. The highest BCUT2D eigenvalue weighted by Crippen LogP contribution is 2.54. The van der Waals surface area contributed by atoms with Crippen LogP contribution in [0.3, 0.4) is 0 Å². The zero-order chi connectivity index (χ0) is 34.0. The van der Waals surface area contributed by atoms with E-state index >= 15 is 0 Å². The van der Waals surface area contributed by atoms with E-state index in [1.54, 1.807) is 12.2 Å². The SMILES string of the molecule is O=C1CC/C=C\[C@H]2O[C@]34C=CCN(C5CCCCC5)C(=O)[C@H]3N([C@@H](CO)Cc3ccccc3)C(=O)[C@@H]4[C@H]2C(=O)O[C@H](c2ccccc2)CN1. The lowest BCUT2D eigenvalue weighted by molar-refractivity contribution is -0.161. The smallest absolute Gasteiger partial charge is 0.313 e. The van der Waals surface area contributed by atoms with Gasteiger partial charge in [0, 0.05) is 19.0 Å². The van der Waals surface area contributed by atoms with Crippen molar-refractivity contribution in [2.24, 2.45) is 11.8 Å². The maximum absolute atomic E-state index is 15.0. The number of nitrogens with zero attached hydrogens (tertiary/aromatic N) is 2. The molecule has 3 amide bonds. The van der Waals surface area contributed by atoms with Gasteiger partial charge in [-0.2, -0.15) is 0 Å². The second-order valence-corrected chi connectivity index (χ2v) is 13.9. The van der Waals surface area contributed by atoms with Gasteiger partial charge in [0.2, 0.25) is 17.7 Å². The number of nitrogens with one attached hydrogen (secondary N) is 1. The summed E-state index contributed by atoms with van der Waals surface area (Å²) in [4.78, 5) is 60.4. The molecule has 5 aliphatic rings. The normalized spacial score (nSPS) is 32.1. The monoisotopic (exact) mass is 667 g/mol. The summed E-state index contributed by atoms with van der Waals surface area (Å²) in [6, 6.07) is 17.0. The van der Waals surface area contributed by atoms with Gasteiger partial charge in [-0.3, -0.25) is 19.2 Å². The third-order valence-electron chi connectivity index (χ3n) is 10.9. The van der Waals surface area contributed by atoms with Crippen LogP contribution in [-0.2, 0) is 35.1 Å². The number of cyclic esters (lactones) is 1. The van der Waals surface area contributed by atoms with E-state index in [2.05, 4.69) is 5.32 Å². The Hall–Kier alpha value is -4.28. The molecule has 258 valence electrons. The minimum absolute atomic E-state index is 0.0369. The number of amides is 3. The Morgan fingerprint density at radius 3 is 2.39 bits per heavy atom. The molecule has 2 aromatic rings. The van der Waals surface area contributed by atoms with Crippen molar-refractivity contribution in [3.8, 4) is 0 Å². The lowest BCUT2D eigenvalue weighted by Crippen LogP contribution is -2.60. The summed E-state index contributed by atoms with van der Waals surface area (Å²) >= 11 is 0. The van der Waals surface area contributed by atoms with Crippen LogP contribution in [0.15, 0.2) is 85.0 Å². The molecule has 1 aliphatic carbocycles. The lowest BCUT2D eigenvalue weighted by Gasteiger charge is -2.41. The Morgan fingerprint density at radius 1 is 0.918 bits per heavy atom. The van der Waals surface area contributed by atoms with Crippen LogP contribution in [0, 0.1) is 11.8 Å². The number of benzene rings is 2. The van der Waals surface area contributed by atoms with Crippen LogP contribution in [0.5, 0.6) is 0 Å². The number of likely N-dealkylation sites (tertiary alicyclic amines) is 1. The predicted octanol–water partition coefficient (Wildman–Crippen LogP) is 3.65. The third kappa shape index (κ3) is 6.32. The highest BCUT2D eigenvalue weighted by Gasteiger charge is 2.72. The lowest BCUT2D eigenvalue weighted by atomic mass is 9.77. The van der Waals surface area contributed by atoms with Gasteiger partial charge in [-0.15, -0.1) is 0 Å². The average molecular weight is 668 g/mol. The molecule has 49 heavy (non-hydrogen) atoms. The molecule has 0 radical (unpaired) electrons. The standard InChI is InChI=1S/C39H45N3O7/c43-25-29(23-26-13-4-1-5-14-26)42-35-37(46)41(28-17-8-3-9-18-28)22-12-21-39(35)34(36(42)45)33-30(49-39)19-10-11-20-32(44)40-24-31(48-38(33)47)27-15-6-2-7-16-27/h1-2,4-7,10,12-16,19,21,28-31,33-35,43H,3,8-9,11,17-18,20,22-25H2,(H,40,44)/b19-10-/t29-,30-,31+,33+,34+,35-,39+/m1/s1. The van der Waals surface area contributed by atoms with E-state index in [9.17, 15) is 24.3 Å². The molecule has 0 bridgehead atoms. The van der Waals surface area contributed by atoms with E-state index < -0.39 is 53.6 Å². The fourth-order valence-corrected chi connectivity index (χ4v) is 8.61. The Morgan fingerprint density at radius 2 is 1.65 bits per heavy atom. The van der Waals surface area contributed by atoms with Gasteiger partial charge in [0.1, 0.15) is 23.7 Å². The van der Waals surface area contributed by atoms with E-state index in [4.69, 9.17) is 9.47 Å². The van der Waals surface area contributed by atoms with Crippen molar-refractivity contribution in [3.05, 3.63) is 96.1 Å². The summed E-state index contributed by atoms with van der Waals surface area (Å²) in [5.41, 5.74) is 0.166. The van der Waals surface area contributed by atoms with Gasteiger partial charge < -0.3 is 29.7 Å². The fraction of sp³-hybridized carbons (Fsp3) is 0.487. The first-order chi connectivity index (χ1) is 23.9. The second kappa shape index (κ2) is 14.3. The van der Waals surface area contributed by atoms with Crippen LogP contribution in [0.1, 0.15) is 62.2 Å². The molecule has 4 heterocycles. The van der Waals surface area contributed by atoms with E-state index in [0.29, 0.717) is 24.9 Å². The van der Waals surface area contributed by atoms with Crippen LogP contribution in [0.25, 0.3) is 0 Å². The molecule has 1 spiro atoms. The second-order valence-electron chi connectivity index (χ2n) is 13.9. The molecule has 2 saturated heterocycles. The quantitative estimate of drug-likeness (QED) is 0.356. The maximum Gasteiger partial charge on any atom is 0.313 e. The zero-order valence-electron chi connectivity index (χ0n) is 27.7. The predicted molar refractivity (Wildman–Crippen MR) is 181 cm³/mol. The molecule has 10 heteroatoms. The van der Waals surface area contributed by atoms with Crippen LogP contribution >= 0.6 is 0 Å². The molecule has 10 nitrogen and oxygen atoms in total. The number of rotatable bonds is 6. The molecule has 7 atom stereocenters. The Kier molecular flexibility index (Phi) is 9.69. The first-order valence-electron chi connectivity index (χ1n) is 17.7. The van der Waals surface area contributed by atoms with Crippen molar-refractivity contribution in [3.63, 3.8) is 0 Å². The minimum Gasteiger partial charge on any atom is -0.455 e. The van der Waals surface area contributed by atoms with Gasteiger partial charge in [-0.05, 0) is 36.8 Å². The zero-order valence-corrected chi connectivity index (χ0v) is 27.7. The Labute approximate surface area is 287 Å². The Balaban J connectivity index is 1.31. The molecule has 0 aromatic heterocycles. The first-order valence-corrected chi connectivity index (χ1v) is 17.7. The van der Waals surface area contributed by atoms with E-state index in [1.165, 1.54) is 4.90 Å².